The molecule has 0 aliphatic heterocycles. The number of nitrogens with zero attached hydrogens (tertiary/aromatic N) is 4. The molecule has 7 nitrogen and oxygen atoms in total. The molecule has 0 atom stereocenters. The van der Waals surface area contributed by atoms with Gasteiger partial charge in [-0.05, 0) is 36.4 Å². The van der Waals surface area contributed by atoms with E-state index in [0.29, 0.717) is 16.9 Å². The lowest BCUT2D eigenvalue weighted by atomic mass is 10.1. The quantitative estimate of drug-likeness (QED) is 0.374. The zero-order valence-corrected chi connectivity index (χ0v) is 16.5. The topological polar surface area (TPSA) is 88.6 Å². The van der Waals surface area contributed by atoms with Crippen molar-refractivity contribution in [2.75, 3.05) is 5.32 Å². The van der Waals surface area contributed by atoms with Gasteiger partial charge in [-0.15, -0.1) is 0 Å². The van der Waals surface area contributed by atoms with Crippen LogP contribution >= 0.6 is 0 Å². The molecule has 5 aromatic rings. The van der Waals surface area contributed by atoms with Gasteiger partial charge < -0.3 is 15.0 Å². The summed E-state index contributed by atoms with van der Waals surface area (Å²) in [5.74, 6) is 0.431. The highest BCUT2D eigenvalue weighted by Gasteiger charge is 2.11. The van der Waals surface area contributed by atoms with Gasteiger partial charge in [-0.1, -0.05) is 24.3 Å². The summed E-state index contributed by atoms with van der Waals surface area (Å²) in [5.41, 5.74) is 5.51. The number of nitrogens with one attached hydrogen (secondary N) is 2. The number of H-pyrrole nitrogens is 1. The van der Waals surface area contributed by atoms with Gasteiger partial charge in [0.25, 0.3) is 0 Å². The van der Waals surface area contributed by atoms with Gasteiger partial charge in [0.15, 0.2) is 0 Å². The van der Waals surface area contributed by atoms with E-state index >= 15 is 0 Å². The SMILES string of the molecule is FC(F)Oc1cc2[nH]c(-c3cccc(Nc4ccc(-c5cccnn5)cc4)c3)nc2cn1. The molecule has 0 spiro atoms. The van der Waals surface area contributed by atoms with Crippen LogP contribution in [-0.4, -0.2) is 31.8 Å². The van der Waals surface area contributed by atoms with Crippen molar-refractivity contribution in [3.63, 3.8) is 0 Å². The maximum absolute atomic E-state index is 12.4. The number of halogens is 2. The van der Waals surface area contributed by atoms with Crippen LogP contribution in [0.15, 0.2) is 79.1 Å². The molecular formula is C23H16F2N6O. The number of aromatic nitrogens is 5. The molecule has 158 valence electrons. The van der Waals surface area contributed by atoms with Gasteiger partial charge in [0.05, 0.1) is 17.4 Å². The van der Waals surface area contributed by atoms with Crippen molar-refractivity contribution in [2.45, 2.75) is 6.61 Å². The fourth-order valence-electron chi connectivity index (χ4n) is 3.28. The molecular weight excluding hydrogens is 414 g/mol. The van der Waals surface area contributed by atoms with Crippen LogP contribution in [-0.2, 0) is 0 Å². The Balaban J connectivity index is 1.36. The zero-order chi connectivity index (χ0) is 21.9. The van der Waals surface area contributed by atoms with Crippen molar-refractivity contribution in [1.29, 1.82) is 0 Å². The Hall–Kier alpha value is -4.40. The van der Waals surface area contributed by atoms with Gasteiger partial charge in [-0.2, -0.15) is 19.0 Å². The van der Waals surface area contributed by atoms with E-state index in [1.807, 2.05) is 60.7 Å². The molecule has 9 heteroatoms. The van der Waals surface area contributed by atoms with E-state index in [0.717, 1.165) is 28.2 Å². The molecule has 32 heavy (non-hydrogen) atoms. The minimum absolute atomic E-state index is 0.164. The molecule has 0 aliphatic carbocycles. The second-order valence-corrected chi connectivity index (χ2v) is 6.90. The van der Waals surface area contributed by atoms with Crippen molar-refractivity contribution in [1.82, 2.24) is 25.1 Å². The molecule has 0 saturated carbocycles. The van der Waals surface area contributed by atoms with Crippen LogP contribution in [0.1, 0.15) is 0 Å². The molecule has 3 heterocycles. The molecule has 2 aromatic carbocycles. The van der Waals surface area contributed by atoms with E-state index in [2.05, 4.69) is 35.2 Å². The summed E-state index contributed by atoms with van der Waals surface area (Å²) in [6.45, 7) is -2.93. The standard InChI is InChI=1S/C23H16F2N6O/c24-23(25)32-21-12-19-20(13-26-21)30-22(29-19)15-3-1-4-17(11-15)28-16-8-6-14(7-9-16)18-5-2-10-27-31-18/h1-13,23,28H,(H,29,30). The predicted octanol–water partition coefficient (Wildman–Crippen LogP) is 5.43. The molecule has 5 rings (SSSR count). The van der Waals surface area contributed by atoms with Crippen LogP contribution in [0.25, 0.3) is 33.7 Å². The summed E-state index contributed by atoms with van der Waals surface area (Å²) in [4.78, 5) is 11.5. The van der Waals surface area contributed by atoms with E-state index in [-0.39, 0.29) is 5.88 Å². The van der Waals surface area contributed by atoms with E-state index in [4.69, 9.17) is 0 Å². The fraction of sp³-hybridized carbons (Fsp3) is 0.0435. The fourth-order valence-corrected chi connectivity index (χ4v) is 3.28. The summed E-state index contributed by atoms with van der Waals surface area (Å²) < 4.78 is 29.2. The Morgan fingerprint density at radius 1 is 0.906 bits per heavy atom. The molecule has 0 aliphatic rings. The highest BCUT2D eigenvalue weighted by molar-refractivity contribution is 5.80. The minimum atomic E-state index is -2.93. The van der Waals surface area contributed by atoms with Crippen molar-refractivity contribution >= 4 is 22.4 Å². The first-order valence-corrected chi connectivity index (χ1v) is 9.70. The number of aromatic amines is 1. The predicted molar refractivity (Wildman–Crippen MR) is 117 cm³/mol. The van der Waals surface area contributed by atoms with Gasteiger partial charge in [0.1, 0.15) is 11.3 Å². The summed E-state index contributed by atoms with van der Waals surface area (Å²) in [6, 6.07) is 20.7. The highest BCUT2D eigenvalue weighted by Crippen LogP contribution is 2.27. The molecule has 0 radical (unpaired) electrons. The Morgan fingerprint density at radius 3 is 2.56 bits per heavy atom. The molecule has 0 fully saturated rings. The van der Waals surface area contributed by atoms with Crippen molar-refractivity contribution < 1.29 is 13.5 Å². The second-order valence-electron chi connectivity index (χ2n) is 6.90. The smallest absolute Gasteiger partial charge is 0.388 e. The van der Waals surface area contributed by atoms with Gasteiger partial charge in [0.2, 0.25) is 5.88 Å². The molecule has 0 amide bonds. The average molecular weight is 430 g/mol. The van der Waals surface area contributed by atoms with Gasteiger partial charge in [0, 0.05) is 34.8 Å². The summed E-state index contributed by atoms with van der Waals surface area (Å²) in [5, 5.41) is 11.4. The lowest BCUT2D eigenvalue weighted by Gasteiger charge is -2.08. The van der Waals surface area contributed by atoms with E-state index in [1.165, 1.54) is 12.3 Å². The Labute approximate surface area is 181 Å². The van der Waals surface area contributed by atoms with E-state index in [1.54, 1.807) is 6.20 Å². The Kier molecular flexibility index (Phi) is 5.12. The number of rotatable bonds is 6. The highest BCUT2D eigenvalue weighted by atomic mass is 19.3. The summed E-state index contributed by atoms with van der Waals surface area (Å²) in [6.07, 6.45) is 3.04. The molecule has 0 saturated heterocycles. The maximum atomic E-state index is 12.4. The monoisotopic (exact) mass is 430 g/mol. The van der Waals surface area contributed by atoms with Crippen LogP contribution < -0.4 is 10.1 Å². The van der Waals surface area contributed by atoms with Gasteiger partial charge in [-0.25, -0.2) is 9.97 Å². The van der Waals surface area contributed by atoms with Crippen LogP contribution in [0, 0.1) is 0 Å². The number of anilines is 2. The van der Waals surface area contributed by atoms with Crippen LogP contribution in [0.4, 0.5) is 20.2 Å². The van der Waals surface area contributed by atoms with E-state index < -0.39 is 6.61 Å². The maximum Gasteiger partial charge on any atom is 0.388 e. The first kappa shape index (κ1) is 19.6. The third-order valence-electron chi connectivity index (χ3n) is 4.73. The van der Waals surface area contributed by atoms with E-state index in [9.17, 15) is 8.78 Å². The molecule has 3 aromatic heterocycles. The number of fused-ring (bicyclic) bond motifs is 1. The molecule has 0 unspecified atom stereocenters. The second kappa shape index (κ2) is 8.38. The largest absolute Gasteiger partial charge is 0.417 e. The number of pyridine rings is 1. The number of hydrogen-bond donors (Lipinski definition) is 2. The van der Waals surface area contributed by atoms with Crippen molar-refractivity contribution in [2.24, 2.45) is 0 Å². The average Bonchev–Trinajstić information content (AvgIpc) is 3.24. The lowest BCUT2D eigenvalue weighted by molar-refractivity contribution is -0.0527. The van der Waals surface area contributed by atoms with Gasteiger partial charge in [-0.3, -0.25) is 0 Å². The Morgan fingerprint density at radius 2 is 1.78 bits per heavy atom. The van der Waals surface area contributed by atoms with Crippen molar-refractivity contribution in [3.05, 3.63) is 79.1 Å². The van der Waals surface area contributed by atoms with Crippen molar-refractivity contribution in [3.8, 4) is 28.5 Å². The van der Waals surface area contributed by atoms with Gasteiger partial charge >= 0.3 is 6.61 Å². The first-order chi connectivity index (χ1) is 15.6. The lowest BCUT2D eigenvalue weighted by Crippen LogP contribution is -2.03. The molecule has 0 bridgehead atoms. The first-order valence-electron chi connectivity index (χ1n) is 9.70. The Bertz CT molecular complexity index is 1360. The summed E-state index contributed by atoms with van der Waals surface area (Å²) in [7, 11) is 0. The minimum Gasteiger partial charge on any atom is -0.417 e. The zero-order valence-electron chi connectivity index (χ0n) is 16.5. The number of imidazole rings is 1. The normalized spacial score (nSPS) is 11.1. The third-order valence-corrected chi connectivity index (χ3v) is 4.73. The van der Waals surface area contributed by atoms with Crippen LogP contribution in [0.3, 0.4) is 0 Å². The summed E-state index contributed by atoms with van der Waals surface area (Å²) >= 11 is 0. The third kappa shape index (κ3) is 4.22. The number of alkyl halides is 2. The van der Waals surface area contributed by atoms with Crippen LogP contribution in [0.2, 0.25) is 0 Å². The number of ether oxygens (including phenoxy) is 1. The number of hydrogen-bond acceptors (Lipinski definition) is 6. The van der Waals surface area contributed by atoms with Crippen LogP contribution in [0.5, 0.6) is 5.88 Å². The molecule has 2 N–H and O–H groups in total. The number of benzene rings is 2.